The number of amides is 1. The normalized spacial score (nSPS) is 17.4. The topological polar surface area (TPSA) is 71.3 Å². The quantitative estimate of drug-likeness (QED) is 0.863. The highest BCUT2D eigenvalue weighted by molar-refractivity contribution is 5.94. The standard InChI is InChI=1S/C16H24N2O3/c1-18-11-13(7-8-15(18)20)16(21)17-14(9-10-19)12-5-3-2-4-6-12/h7-8,11-12,14,19H,2-6,9-10H2,1H3,(H,17,21). The first-order valence-electron chi connectivity index (χ1n) is 7.70. The molecule has 0 saturated heterocycles. The van der Waals surface area contributed by atoms with E-state index in [9.17, 15) is 14.7 Å². The van der Waals surface area contributed by atoms with Gasteiger partial charge in [0.2, 0.25) is 5.56 Å². The van der Waals surface area contributed by atoms with Crippen molar-refractivity contribution in [2.45, 2.75) is 44.6 Å². The van der Waals surface area contributed by atoms with Crippen molar-refractivity contribution in [3.8, 4) is 0 Å². The predicted octanol–water partition coefficient (Wildman–Crippen LogP) is 1.45. The van der Waals surface area contributed by atoms with Gasteiger partial charge in [-0.2, -0.15) is 0 Å². The van der Waals surface area contributed by atoms with Gasteiger partial charge in [-0.05, 0) is 31.2 Å². The summed E-state index contributed by atoms with van der Waals surface area (Å²) in [6, 6.07) is 2.96. The van der Waals surface area contributed by atoms with Gasteiger partial charge in [0.25, 0.3) is 5.91 Å². The molecule has 2 N–H and O–H groups in total. The molecular weight excluding hydrogens is 268 g/mol. The fourth-order valence-corrected chi connectivity index (χ4v) is 3.08. The molecule has 1 aliphatic rings. The summed E-state index contributed by atoms with van der Waals surface area (Å²) in [6.07, 6.45) is 8.01. The number of hydrogen-bond donors (Lipinski definition) is 2. The highest BCUT2D eigenvalue weighted by atomic mass is 16.3. The van der Waals surface area contributed by atoms with Gasteiger partial charge < -0.3 is 15.0 Å². The summed E-state index contributed by atoms with van der Waals surface area (Å²) in [4.78, 5) is 23.7. The van der Waals surface area contributed by atoms with Gasteiger partial charge in [0.1, 0.15) is 0 Å². The average Bonchev–Trinajstić information content (AvgIpc) is 2.50. The van der Waals surface area contributed by atoms with Crippen LogP contribution in [0.4, 0.5) is 0 Å². The second kappa shape index (κ2) is 7.41. The van der Waals surface area contributed by atoms with Gasteiger partial charge in [-0.1, -0.05) is 19.3 Å². The lowest BCUT2D eigenvalue weighted by molar-refractivity contribution is 0.0899. The van der Waals surface area contributed by atoms with E-state index in [1.165, 1.54) is 29.9 Å². The zero-order valence-corrected chi connectivity index (χ0v) is 12.5. The molecule has 1 fully saturated rings. The number of carbonyl (C=O) groups is 1. The van der Waals surface area contributed by atoms with E-state index in [1.807, 2.05) is 0 Å². The van der Waals surface area contributed by atoms with Crippen LogP contribution in [0.5, 0.6) is 0 Å². The minimum absolute atomic E-state index is 0.0139. The third-order valence-electron chi connectivity index (χ3n) is 4.32. The van der Waals surface area contributed by atoms with Crippen LogP contribution in [0.15, 0.2) is 23.1 Å². The second-order valence-electron chi connectivity index (χ2n) is 5.86. The molecule has 5 heteroatoms. The molecule has 0 aromatic carbocycles. The van der Waals surface area contributed by atoms with E-state index < -0.39 is 0 Å². The lowest BCUT2D eigenvalue weighted by Gasteiger charge is -2.30. The molecule has 1 atom stereocenters. The average molecular weight is 292 g/mol. The van der Waals surface area contributed by atoms with Gasteiger partial charge in [-0.15, -0.1) is 0 Å². The zero-order valence-electron chi connectivity index (χ0n) is 12.5. The molecule has 2 rings (SSSR count). The number of aryl methyl sites for hydroxylation is 1. The van der Waals surface area contributed by atoms with Crippen molar-refractivity contribution in [3.05, 3.63) is 34.2 Å². The number of carbonyl (C=O) groups excluding carboxylic acids is 1. The van der Waals surface area contributed by atoms with Gasteiger partial charge in [0, 0.05) is 32.0 Å². The van der Waals surface area contributed by atoms with Crippen LogP contribution in [0.2, 0.25) is 0 Å². The summed E-state index contributed by atoms with van der Waals surface area (Å²) in [6.45, 7) is 0.0781. The van der Waals surface area contributed by atoms with Crippen LogP contribution in [-0.4, -0.2) is 28.2 Å². The Morgan fingerprint density at radius 3 is 2.71 bits per heavy atom. The van der Waals surface area contributed by atoms with E-state index >= 15 is 0 Å². The number of nitrogens with zero attached hydrogens (tertiary/aromatic N) is 1. The van der Waals surface area contributed by atoms with E-state index in [-0.39, 0.29) is 24.1 Å². The molecular formula is C16H24N2O3. The maximum Gasteiger partial charge on any atom is 0.252 e. The summed E-state index contributed by atoms with van der Waals surface area (Å²) in [5.41, 5.74) is 0.349. The summed E-state index contributed by atoms with van der Waals surface area (Å²) in [7, 11) is 1.63. The van der Waals surface area contributed by atoms with Crippen molar-refractivity contribution in [2.75, 3.05) is 6.61 Å². The van der Waals surface area contributed by atoms with E-state index in [0.717, 1.165) is 12.8 Å². The number of rotatable bonds is 5. The number of aromatic nitrogens is 1. The van der Waals surface area contributed by atoms with E-state index in [4.69, 9.17) is 0 Å². The highest BCUT2D eigenvalue weighted by Gasteiger charge is 2.25. The van der Waals surface area contributed by atoms with Crippen LogP contribution in [0.25, 0.3) is 0 Å². The third kappa shape index (κ3) is 4.17. The SMILES string of the molecule is Cn1cc(C(=O)NC(CCO)C2CCCCC2)ccc1=O. The van der Waals surface area contributed by atoms with Crippen molar-refractivity contribution < 1.29 is 9.90 Å². The molecule has 0 radical (unpaired) electrons. The maximum absolute atomic E-state index is 12.3. The number of pyridine rings is 1. The van der Waals surface area contributed by atoms with Crippen LogP contribution in [0.3, 0.4) is 0 Å². The Bertz CT molecular complexity index is 533. The van der Waals surface area contributed by atoms with Crippen LogP contribution in [0, 0.1) is 5.92 Å². The van der Waals surface area contributed by atoms with Crippen molar-refractivity contribution in [1.29, 1.82) is 0 Å². The molecule has 1 aromatic rings. The van der Waals surface area contributed by atoms with Gasteiger partial charge in [-0.3, -0.25) is 9.59 Å². The Morgan fingerprint density at radius 1 is 1.38 bits per heavy atom. The Kier molecular flexibility index (Phi) is 5.56. The molecule has 1 aromatic heterocycles. The summed E-state index contributed by atoms with van der Waals surface area (Å²) >= 11 is 0. The molecule has 1 aliphatic carbocycles. The van der Waals surface area contributed by atoms with Crippen LogP contribution in [-0.2, 0) is 7.05 Å². The lowest BCUT2D eigenvalue weighted by atomic mass is 9.82. The van der Waals surface area contributed by atoms with Crippen molar-refractivity contribution in [3.63, 3.8) is 0 Å². The number of aliphatic hydroxyl groups excluding tert-OH is 1. The molecule has 1 heterocycles. The van der Waals surface area contributed by atoms with E-state index in [2.05, 4.69) is 5.32 Å². The second-order valence-corrected chi connectivity index (χ2v) is 5.86. The van der Waals surface area contributed by atoms with Gasteiger partial charge in [0.05, 0.1) is 5.56 Å². The van der Waals surface area contributed by atoms with Crippen LogP contribution < -0.4 is 10.9 Å². The molecule has 1 unspecified atom stereocenters. The van der Waals surface area contributed by atoms with Gasteiger partial charge in [-0.25, -0.2) is 0 Å². The summed E-state index contributed by atoms with van der Waals surface area (Å²) < 4.78 is 1.40. The smallest absolute Gasteiger partial charge is 0.252 e. The largest absolute Gasteiger partial charge is 0.396 e. The van der Waals surface area contributed by atoms with Crippen molar-refractivity contribution >= 4 is 5.91 Å². The minimum Gasteiger partial charge on any atom is -0.396 e. The van der Waals surface area contributed by atoms with Crippen LogP contribution in [0.1, 0.15) is 48.9 Å². The van der Waals surface area contributed by atoms with Gasteiger partial charge >= 0.3 is 0 Å². The molecule has 0 aliphatic heterocycles. The first kappa shape index (κ1) is 15.8. The lowest BCUT2D eigenvalue weighted by Crippen LogP contribution is -2.42. The summed E-state index contributed by atoms with van der Waals surface area (Å²) in [5, 5.41) is 12.3. The first-order chi connectivity index (χ1) is 10.1. The fourth-order valence-electron chi connectivity index (χ4n) is 3.08. The molecule has 5 nitrogen and oxygen atoms in total. The fraction of sp³-hybridized carbons (Fsp3) is 0.625. The van der Waals surface area contributed by atoms with Gasteiger partial charge in [0.15, 0.2) is 0 Å². The Hall–Kier alpha value is -1.62. The molecule has 0 bridgehead atoms. The molecule has 1 amide bonds. The van der Waals surface area contributed by atoms with Crippen molar-refractivity contribution in [1.82, 2.24) is 9.88 Å². The Balaban J connectivity index is 2.06. The Morgan fingerprint density at radius 2 is 2.10 bits per heavy atom. The van der Waals surface area contributed by atoms with E-state index in [0.29, 0.717) is 17.9 Å². The number of hydrogen-bond acceptors (Lipinski definition) is 3. The Labute approximate surface area is 125 Å². The molecule has 1 saturated carbocycles. The zero-order chi connectivity index (χ0) is 15.2. The predicted molar refractivity (Wildman–Crippen MR) is 81.2 cm³/mol. The number of nitrogens with one attached hydrogen (secondary N) is 1. The van der Waals surface area contributed by atoms with Crippen molar-refractivity contribution in [2.24, 2.45) is 13.0 Å². The third-order valence-corrected chi connectivity index (χ3v) is 4.32. The summed E-state index contributed by atoms with van der Waals surface area (Å²) in [5.74, 6) is 0.275. The monoisotopic (exact) mass is 292 g/mol. The maximum atomic E-state index is 12.3. The molecule has 21 heavy (non-hydrogen) atoms. The molecule has 116 valence electrons. The highest BCUT2D eigenvalue weighted by Crippen LogP contribution is 2.27. The van der Waals surface area contributed by atoms with E-state index in [1.54, 1.807) is 19.3 Å². The number of aliphatic hydroxyl groups is 1. The minimum atomic E-state index is -0.172. The first-order valence-corrected chi connectivity index (χ1v) is 7.70. The molecule has 0 spiro atoms. The van der Waals surface area contributed by atoms with Crippen LogP contribution >= 0.6 is 0 Å².